The van der Waals surface area contributed by atoms with Gasteiger partial charge in [0.15, 0.2) is 0 Å². The number of rotatable bonds is 4. The van der Waals surface area contributed by atoms with Gasteiger partial charge >= 0.3 is 0 Å². The first-order valence-corrected chi connectivity index (χ1v) is 10.8. The molecule has 2 N–H and O–H groups in total. The Kier molecular flexibility index (Phi) is 5.94. The molecule has 1 saturated carbocycles. The molecule has 4 nitrogen and oxygen atoms in total. The Morgan fingerprint density at radius 2 is 1.73 bits per heavy atom. The molecule has 140 valence electrons. The zero-order valence-electron chi connectivity index (χ0n) is 14.4. The molecule has 0 spiro atoms. The largest absolute Gasteiger partial charge is 0.393 e. The fourth-order valence-corrected chi connectivity index (χ4v) is 5.37. The van der Waals surface area contributed by atoms with E-state index in [1.54, 1.807) is 31.2 Å². The topological polar surface area (TPSA) is 66.4 Å². The van der Waals surface area contributed by atoms with Crippen molar-refractivity contribution < 1.29 is 13.5 Å². The summed E-state index contributed by atoms with van der Waals surface area (Å²) in [5, 5.41) is 10.6. The molecule has 1 fully saturated rings. The first-order valence-electron chi connectivity index (χ1n) is 8.53. The number of nitrogens with one attached hydrogen (secondary N) is 1. The molecule has 1 aliphatic rings. The maximum Gasteiger partial charge on any atom is 0.241 e. The molecule has 2 aromatic rings. The highest BCUT2D eigenvalue weighted by atomic mass is 35.5. The summed E-state index contributed by atoms with van der Waals surface area (Å²) in [6.07, 6.45) is 2.23. The zero-order valence-corrected chi connectivity index (χ0v) is 16.7. The smallest absolute Gasteiger partial charge is 0.241 e. The highest BCUT2D eigenvalue weighted by Gasteiger charge is 2.26. The van der Waals surface area contributed by atoms with Crippen molar-refractivity contribution in [2.75, 3.05) is 0 Å². The van der Waals surface area contributed by atoms with Crippen molar-refractivity contribution in [1.29, 1.82) is 0 Å². The van der Waals surface area contributed by atoms with Crippen LogP contribution in [-0.2, 0) is 10.0 Å². The van der Waals surface area contributed by atoms with Crippen LogP contribution in [0.1, 0.15) is 31.2 Å². The first-order chi connectivity index (χ1) is 12.3. The summed E-state index contributed by atoms with van der Waals surface area (Å²) in [5.74, 6) is 0. The van der Waals surface area contributed by atoms with E-state index in [1.807, 2.05) is 12.1 Å². The number of aliphatic hydroxyl groups excluding tert-OH is 1. The van der Waals surface area contributed by atoms with Gasteiger partial charge in [0.1, 0.15) is 0 Å². The van der Waals surface area contributed by atoms with E-state index >= 15 is 0 Å². The molecular formula is C19H21Cl2NO3S. The normalized spacial score (nSPS) is 20.9. The van der Waals surface area contributed by atoms with Gasteiger partial charge in [0.05, 0.1) is 11.0 Å². The van der Waals surface area contributed by atoms with Gasteiger partial charge in [0.2, 0.25) is 10.0 Å². The lowest BCUT2D eigenvalue weighted by Crippen LogP contribution is -2.38. The van der Waals surface area contributed by atoms with Gasteiger partial charge in [-0.25, -0.2) is 13.1 Å². The third-order valence-electron chi connectivity index (χ3n) is 4.73. The predicted molar refractivity (Wildman–Crippen MR) is 105 cm³/mol. The van der Waals surface area contributed by atoms with Crippen molar-refractivity contribution in [3.8, 4) is 11.1 Å². The van der Waals surface area contributed by atoms with Crippen molar-refractivity contribution >= 4 is 33.2 Å². The maximum absolute atomic E-state index is 12.7. The first kappa shape index (κ1) is 19.6. The van der Waals surface area contributed by atoms with Crippen molar-refractivity contribution in [3.63, 3.8) is 0 Å². The van der Waals surface area contributed by atoms with E-state index in [4.69, 9.17) is 23.2 Å². The Morgan fingerprint density at radius 1 is 1.04 bits per heavy atom. The number of benzene rings is 2. The highest BCUT2D eigenvalue weighted by Crippen LogP contribution is 2.32. The summed E-state index contributed by atoms with van der Waals surface area (Å²) in [7, 11) is -3.61. The molecule has 0 aliphatic heterocycles. The van der Waals surface area contributed by atoms with Crippen LogP contribution in [0.25, 0.3) is 11.1 Å². The third-order valence-corrected chi connectivity index (χ3v) is 6.95. The number of hydrogen-bond donors (Lipinski definition) is 2. The molecule has 2 aromatic carbocycles. The van der Waals surface area contributed by atoms with E-state index in [0.717, 1.165) is 11.1 Å². The summed E-state index contributed by atoms with van der Waals surface area (Å²) in [5.41, 5.74) is 2.29. The summed E-state index contributed by atoms with van der Waals surface area (Å²) >= 11 is 12.2. The van der Waals surface area contributed by atoms with E-state index in [-0.39, 0.29) is 17.0 Å². The monoisotopic (exact) mass is 413 g/mol. The SMILES string of the molecule is Cc1cc(-c2ccc(Cl)cc2Cl)ccc1S(=O)(=O)NC1CCC(O)CC1. The summed E-state index contributed by atoms with van der Waals surface area (Å²) in [4.78, 5) is 0.262. The highest BCUT2D eigenvalue weighted by molar-refractivity contribution is 7.89. The van der Waals surface area contributed by atoms with E-state index in [9.17, 15) is 13.5 Å². The number of sulfonamides is 1. The van der Waals surface area contributed by atoms with Gasteiger partial charge in [0.25, 0.3) is 0 Å². The van der Waals surface area contributed by atoms with Crippen LogP contribution < -0.4 is 4.72 Å². The number of hydrogen-bond acceptors (Lipinski definition) is 3. The molecule has 26 heavy (non-hydrogen) atoms. The number of aliphatic hydroxyl groups is 1. The molecule has 0 amide bonds. The van der Waals surface area contributed by atoms with E-state index in [1.165, 1.54) is 0 Å². The average Bonchev–Trinajstić information content (AvgIpc) is 2.56. The van der Waals surface area contributed by atoms with Crippen LogP contribution in [0.5, 0.6) is 0 Å². The zero-order chi connectivity index (χ0) is 18.9. The van der Waals surface area contributed by atoms with Crippen LogP contribution in [0.3, 0.4) is 0 Å². The van der Waals surface area contributed by atoms with Gasteiger partial charge in [-0.3, -0.25) is 0 Å². The minimum absolute atomic E-state index is 0.131. The second-order valence-corrected chi connectivity index (χ2v) is 9.26. The van der Waals surface area contributed by atoms with Gasteiger partial charge < -0.3 is 5.11 Å². The van der Waals surface area contributed by atoms with E-state index < -0.39 is 10.0 Å². The second kappa shape index (κ2) is 7.87. The number of aryl methyl sites for hydroxylation is 1. The fourth-order valence-electron chi connectivity index (χ4n) is 3.32. The molecule has 0 aromatic heterocycles. The van der Waals surface area contributed by atoms with Crippen LogP contribution in [-0.4, -0.2) is 25.7 Å². The quantitative estimate of drug-likeness (QED) is 0.772. The van der Waals surface area contributed by atoms with Crippen molar-refractivity contribution in [1.82, 2.24) is 4.72 Å². The number of halogens is 2. The lowest BCUT2D eigenvalue weighted by atomic mass is 9.94. The van der Waals surface area contributed by atoms with Gasteiger partial charge in [-0.1, -0.05) is 41.4 Å². The lowest BCUT2D eigenvalue weighted by Gasteiger charge is -2.26. The van der Waals surface area contributed by atoms with Gasteiger partial charge in [-0.15, -0.1) is 0 Å². The van der Waals surface area contributed by atoms with Crippen LogP contribution in [0.2, 0.25) is 10.0 Å². The van der Waals surface area contributed by atoms with E-state index in [2.05, 4.69) is 4.72 Å². The summed E-state index contributed by atoms with van der Waals surface area (Å²) in [6, 6.07) is 10.3. The molecule has 1 aliphatic carbocycles. The van der Waals surface area contributed by atoms with Gasteiger partial charge in [0, 0.05) is 21.7 Å². The minimum atomic E-state index is -3.61. The van der Waals surface area contributed by atoms with Crippen LogP contribution >= 0.6 is 23.2 Å². The Morgan fingerprint density at radius 3 is 2.35 bits per heavy atom. The Labute approximate surface area is 164 Å². The Bertz CT molecular complexity index is 907. The molecule has 0 heterocycles. The van der Waals surface area contributed by atoms with Crippen LogP contribution in [0.15, 0.2) is 41.3 Å². The van der Waals surface area contributed by atoms with E-state index in [0.29, 0.717) is 41.3 Å². The van der Waals surface area contributed by atoms with Gasteiger partial charge in [-0.2, -0.15) is 0 Å². The van der Waals surface area contributed by atoms with Crippen LogP contribution in [0.4, 0.5) is 0 Å². The maximum atomic E-state index is 12.7. The van der Waals surface area contributed by atoms with Gasteiger partial charge in [-0.05, 0) is 61.9 Å². The molecule has 0 atom stereocenters. The molecule has 0 radical (unpaired) electrons. The Hall–Kier alpha value is -1.11. The van der Waals surface area contributed by atoms with Crippen LogP contribution in [0, 0.1) is 6.92 Å². The standard InChI is InChI=1S/C19H21Cl2NO3S/c1-12-10-13(17-8-3-14(20)11-18(17)21)2-9-19(12)26(24,25)22-15-4-6-16(23)7-5-15/h2-3,8-11,15-16,22-23H,4-7H2,1H3. The summed E-state index contributed by atoms with van der Waals surface area (Å²) in [6.45, 7) is 1.77. The fraction of sp³-hybridized carbons (Fsp3) is 0.368. The molecule has 0 bridgehead atoms. The summed E-state index contributed by atoms with van der Waals surface area (Å²) < 4.78 is 28.3. The lowest BCUT2D eigenvalue weighted by molar-refractivity contribution is 0.120. The third kappa shape index (κ3) is 4.41. The van der Waals surface area contributed by atoms with Crippen molar-refractivity contribution in [2.24, 2.45) is 0 Å². The molecular weight excluding hydrogens is 393 g/mol. The van der Waals surface area contributed by atoms with Crippen molar-refractivity contribution in [3.05, 3.63) is 52.0 Å². The molecule has 7 heteroatoms. The van der Waals surface area contributed by atoms with Crippen molar-refractivity contribution in [2.45, 2.75) is 49.6 Å². The minimum Gasteiger partial charge on any atom is -0.393 e. The Balaban J connectivity index is 1.84. The molecule has 3 rings (SSSR count). The predicted octanol–water partition coefficient (Wildman–Crippen LogP) is 4.55. The second-order valence-electron chi connectivity index (χ2n) is 6.73. The molecule has 0 unspecified atom stereocenters. The average molecular weight is 414 g/mol. The molecule has 0 saturated heterocycles.